The minimum Gasteiger partial charge on any atom is 0 e. The van der Waals surface area contributed by atoms with Crippen LogP contribution in [0.1, 0.15) is 12.5 Å². The van der Waals surface area contributed by atoms with Crippen molar-refractivity contribution in [3.05, 3.63) is 51.6 Å². The van der Waals surface area contributed by atoms with Gasteiger partial charge in [0.1, 0.15) is 6.10 Å². The van der Waals surface area contributed by atoms with Gasteiger partial charge in [0.2, 0.25) is 5.91 Å². The monoisotopic (exact) mass is 600 g/mol. The van der Waals surface area contributed by atoms with Crippen LogP contribution in [0.15, 0.2) is 18.2 Å². The second kappa shape index (κ2) is 14.5. The van der Waals surface area contributed by atoms with Crippen LogP contribution in [0.4, 0.5) is 10.5 Å². The van der Waals surface area contributed by atoms with Gasteiger partial charge in [-0.25, -0.2) is 4.79 Å². The SMILES string of the molecule is [CH2-]c1[c-]cc(N2C[C@H](CNC(C)=O)OC2=O)cc1.[CH3-].[CH3-].[V]=[W].[Y]. The van der Waals surface area contributed by atoms with E-state index in [1.165, 1.54) is 28.6 Å². The predicted octanol–water partition coefficient (Wildman–Crippen LogP) is 2.02. The van der Waals surface area contributed by atoms with Crippen molar-refractivity contribution in [2.45, 2.75) is 13.0 Å². The molecule has 0 bridgehead atoms. The molecule has 126 valence electrons. The van der Waals surface area contributed by atoms with Crippen molar-refractivity contribution in [3.63, 3.8) is 0 Å². The Labute approximate surface area is 182 Å². The molecule has 1 aromatic carbocycles. The molecule has 1 heterocycles. The summed E-state index contributed by atoms with van der Waals surface area (Å²) in [7, 11) is 0. The Morgan fingerprint density at radius 3 is 2.61 bits per heavy atom. The largest absolute Gasteiger partial charge is 0 e. The Hall–Kier alpha value is 0.207. The smallest absolute Gasteiger partial charge is 0 e. The zero-order chi connectivity index (χ0) is 15.1. The number of carbonyl (C=O) groups excluding carboxylic acids is 2. The average Bonchev–Trinajstić information content (AvgIpc) is 2.81. The molecule has 2 rings (SSSR count). The molecular formula is C15H20N2O3VWY-4. The van der Waals surface area contributed by atoms with E-state index >= 15 is 0 Å². The van der Waals surface area contributed by atoms with Gasteiger partial charge in [-0.05, 0) is 5.69 Å². The molecule has 0 aliphatic carbocycles. The van der Waals surface area contributed by atoms with Crippen molar-refractivity contribution in [2.24, 2.45) is 0 Å². The molecule has 1 aliphatic rings. The van der Waals surface area contributed by atoms with Crippen LogP contribution in [-0.4, -0.2) is 31.2 Å². The normalized spacial score (nSPS) is 14.7. The van der Waals surface area contributed by atoms with E-state index in [9.17, 15) is 9.59 Å². The maximum absolute atomic E-state index is 11.7. The van der Waals surface area contributed by atoms with Gasteiger partial charge < -0.3 is 43.5 Å². The zero-order valence-corrected chi connectivity index (χ0v) is 20.7. The minimum atomic E-state index is -0.407. The van der Waals surface area contributed by atoms with Gasteiger partial charge in [-0.3, -0.25) is 15.8 Å². The van der Waals surface area contributed by atoms with Gasteiger partial charge in [-0.1, -0.05) is 0 Å². The molecule has 1 N–H and O–H groups in total. The first-order valence-corrected chi connectivity index (χ1v) is 11.8. The van der Waals surface area contributed by atoms with Crippen LogP contribution < -0.4 is 10.2 Å². The molecule has 1 saturated heterocycles. The molecule has 0 spiro atoms. The first kappa shape index (κ1) is 28.0. The predicted molar refractivity (Wildman–Crippen MR) is 78.9 cm³/mol. The molecule has 8 heteroatoms. The second-order valence-corrected chi connectivity index (χ2v) is 4.13. The topological polar surface area (TPSA) is 58.6 Å². The summed E-state index contributed by atoms with van der Waals surface area (Å²) >= 11 is 3.92. The molecule has 23 heavy (non-hydrogen) atoms. The van der Waals surface area contributed by atoms with Crippen LogP contribution in [0, 0.1) is 27.8 Å². The maximum atomic E-state index is 11.7. The van der Waals surface area contributed by atoms with E-state index in [4.69, 9.17) is 4.74 Å². The number of benzene rings is 1. The van der Waals surface area contributed by atoms with Crippen molar-refractivity contribution in [1.82, 2.24) is 5.32 Å². The van der Waals surface area contributed by atoms with Gasteiger partial charge in [0.15, 0.2) is 0 Å². The molecule has 0 saturated carbocycles. The van der Waals surface area contributed by atoms with E-state index in [-0.39, 0.29) is 59.6 Å². The van der Waals surface area contributed by atoms with Gasteiger partial charge in [0, 0.05) is 39.6 Å². The molecular weight excluding hydrogens is 580 g/mol. The summed E-state index contributed by atoms with van der Waals surface area (Å²) in [6.45, 7) is 5.91. The number of carbonyl (C=O) groups is 2. The Bertz CT molecular complexity index is 488. The molecule has 1 radical (unpaired) electrons. The molecule has 0 aromatic heterocycles. The van der Waals surface area contributed by atoms with Crippen LogP contribution in [0.2, 0.25) is 0 Å². The van der Waals surface area contributed by atoms with Gasteiger partial charge in [0.25, 0.3) is 0 Å². The Morgan fingerprint density at radius 1 is 1.52 bits per heavy atom. The van der Waals surface area contributed by atoms with Crippen molar-refractivity contribution in [2.75, 3.05) is 18.0 Å². The average molecular weight is 600 g/mol. The Morgan fingerprint density at radius 2 is 2.13 bits per heavy atom. The van der Waals surface area contributed by atoms with E-state index in [2.05, 4.69) is 32.4 Å². The minimum absolute atomic E-state index is 0. The summed E-state index contributed by atoms with van der Waals surface area (Å²) in [5, 5.41) is 2.63. The first-order chi connectivity index (χ1) is 9.56. The van der Waals surface area contributed by atoms with Gasteiger partial charge in [-0.15, -0.1) is 6.07 Å². The number of nitrogens with one attached hydrogen (secondary N) is 1. The summed E-state index contributed by atoms with van der Waals surface area (Å²) in [6.07, 6.45) is -0.726. The van der Waals surface area contributed by atoms with Gasteiger partial charge in [-0.2, -0.15) is 6.07 Å². The number of nitrogens with zero attached hydrogens (tertiary/aromatic N) is 1. The molecule has 1 fully saturated rings. The van der Waals surface area contributed by atoms with Crippen LogP contribution >= 0.6 is 0 Å². The number of cyclic esters (lactones) is 1. The fraction of sp³-hybridized carbons (Fsp3) is 0.267. The van der Waals surface area contributed by atoms with Crippen molar-refractivity contribution in [3.8, 4) is 0 Å². The zero-order valence-electron chi connectivity index (χ0n) is 13.5. The van der Waals surface area contributed by atoms with E-state index in [0.717, 1.165) is 11.3 Å². The van der Waals surface area contributed by atoms with Crippen LogP contribution in [0.25, 0.3) is 0 Å². The Balaban J connectivity index is -0.000000770. The fourth-order valence-electron chi connectivity index (χ4n) is 1.71. The molecule has 1 atom stereocenters. The van der Waals surface area contributed by atoms with Gasteiger partial charge >= 0.3 is 37.0 Å². The molecule has 2 amide bonds. The summed E-state index contributed by atoms with van der Waals surface area (Å²) in [5.41, 5.74) is 1.49. The third-order valence-corrected chi connectivity index (χ3v) is 2.63. The van der Waals surface area contributed by atoms with Crippen molar-refractivity contribution in [1.29, 1.82) is 0 Å². The Kier molecular flexibility index (Phi) is 17.7. The number of amides is 2. The van der Waals surface area contributed by atoms with E-state index < -0.39 is 6.09 Å². The van der Waals surface area contributed by atoms with Crippen molar-refractivity contribution < 1.29 is 77.9 Å². The number of ether oxygens (including phenoxy) is 1. The molecule has 0 unspecified atom stereocenters. The second-order valence-electron chi connectivity index (χ2n) is 4.13. The van der Waals surface area contributed by atoms with Crippen LogP contribution in [0.3, 0.4) is 0 Å². The standard InChI is InChI=1S/C13H14N2O3.2CH3.V.W.Y/c1-9-3-5-11(6-4-9)15-8-12(18-13(15)17)7-14-10(2)16;;;;;/h3,5-6,12H,1,7-8H2,2H3,(H,14,16);2*1H3;;;/q-2;2*-1;;;/t12-;;;;;/m0...../s1. The van der Waals surface area contributed by atoms with E-state index in [0.29, 0.717) is 13.1 Å². The van der Waals surface area contributed by atoms with Crippen LogP contribution in [-0.2, 0) is 73.1 Å². The third kappa shape index (κ3) is 9.31. The number of rotatable bonds is 3. The third-order valence-electron chi connectivity index (χ3n) is 2.63. The summed E-state index contributed by atoms with van der Waals surface area (Å²) in [6, 6.07) is 8.20. The fourth-order valence-corrected chi connectivity index (χ4v) is 1.71. The van der Waals surface area contributed by atoms with Crippen molar-refractivity contribution >= 4 is 17.7 Å². The molecule has 1 aromatic rings. The number of anilines is 1. The quantitative estimate of drug-likeness (QED) is 0.541. The first-order valence-electron chi connectivity index (χ1n) is 5.81. The number of hydrogen-bond donors (Lipinski definition) is 1. The molecule has 1 aliphatic heterocycles. The summed E-state index contributed by atoms with van der Waals surface area (Å²) < 4.78 is 5.15. The van der Waals surface area contributed by atoms with E-state index in [1.807, 2.05) is 0 Å². The number of hydrogen-bond acceptors (Lipinski definition) is 3. The van der Waals surface area contributed by atoms with Crippen LogP contribution in [0.5, 0.6) is 0 Å². The molecule has 5 nitrogen and oxygen atoms in total. The maximum Gasteiger partial charge on any atom is 0 e. The summed E-state index contributed by atoms with van der Waals surface area (Å²) in [4.78, 5) is 24.0. The summed E-state index contributed by atoms with van der Waals surface area (Å²) in [5.74, 6) is -0.140. The van der Waals surface area contributed by atoms with Gasteiger partial charge in [0.05, 0.1) is 13.1 Å². The van der Waals surface area contributed by atoms with E-state index in [1.54, 1.807) is 18.2 Å².